The zero-order valence-corrected chi connectivity index (χ0v) is 15.3. The number of hydrogen-bond acceptors (Lipinski definition) is 6. The van der Waals surface area contributed by atoms with Crippen LogP contribution in [0.15, 0.2) is 23.1 Å². The van der Waals surface area contributed by atoms with Crippen molar-refractivity contribution >= 4 is 55.5 Å². The lowest BCUT2D eigenvalue weighted by molar-refractivity contribution is 0.0702. The lowest BCUT2D eigenvalue weighted by atomic mass is 10.2. The molecule has 0 atom stereocenters. The van der Waals surface area contributed by atoms with E-state index in [1.807, 2.05) is 4.90 Å². The van der Waals surface area contributed by atoms with E-state index in [0.717, 1.165) is 16.0 Å². The standard InChI is InChI=1S/C14H16N2O5S2.ClH/c1-15-23(19,20)12-3-2-10-9(8-11(22-10)14(17)18)13(12)16-4-6-21-7-5-16;/h2-3,8,15H,4-7H2,1H3,(H,17,18);1H. The molecule has 0 radical (unpaired) electrons. The van der Waals surface area contributed by atoms with Gasteiger partial charge in [-0.05, 0) is 25.2 Å². The number of nitrogens with zero attached hydrogens (tertiary/aromatic N) is 1. The lowest BCUT2D eigenvalue weighted by Crippen LogP contribution is -2.37. The minimum Gasteiger partial charge on any atom is -0.477 e. The smallest absolute Gasteiger partial charge is 0.345 e. The summed E-state index contributed by atoms with van der Waals surface area (Å²) in [5, 5.41) is 9.85. The van der Waals surface area contributed by atoms with E-state index in [2.05, 4.69) is 4.72 Å². The van der Waals surface area contributed by atoms with Gasteiger partial charge in [0.15, 0.2) is 0 Å². The summed E-state index contributed by atoms with van der Waals surface area (Å²) in [5.74, 6) is -1.02. The Balaban J connectivity index is 0.00000208. The predicted molar refractivity (Wildman–Crippen MR) is 95.3 cm³/mol. The fraction of sp³-hybridized carbons (Fsp3) is 0.357. The number of anilines is 1. The van der Waals surface area contributed by atoms with E-state index in [1.165, 1.54) is 13.1 Å². The molecule has 0 unspecified atom stereocenters. The Hall–Kier alpha value is -1.39. The number of carbonyl (C=O) groups is 1. The van der Waals surface area contributed by atoms with Gasteiger partial charge in [0.1, 0.15) is 9.77 Å². The van der Waals surface area contributed by atoms with Gasteiger partial charge in [0.25, 0.3) is 0 Å². The first-order chi connectivity index (χ1) is 10.9. The summed E-state index contributed by atoms with van der Waals surface area (Å²) < 4.78 is 33.1. The van der Waals surface area contributed by atoms with E-state index >= 15 is 0 Å². The van der Waals surface area contributed by atoms with Crippen molar-refractivity contribution in [2.45, 2.75) is 4.90 Å². The molecule has 2 heterocycles. The van der Waals surface area contributed by atoms with E-state index in [-0.39, 0.29) is 22.2 Å². The van der Waals surface area contributed by atoms with Crippen LogP contribution in [0.2, 0.25) is 0 Å². The fourth-order valence-corrected chi connectivity index (χ4v) is 4.49. The number of morpholine rings is 1. The molecule has 0 saturated carbocycles. The molecule has 7 nitrogen and oxygen atoms in total. The summed E-state index contributed by atoms with van der Waals surface area (Å²) in [6.07, 6.45) is 0. The molecule has 1 fully saturated rings. The summed E-state index contributed by atoms with van der Waals surface area (Å²) in [7, 11) is -2.30. The lowest BCUT2D eigenvalue weighted by Gasteiger charge is -2.31. The average Bonchev–Trinajstić information content (AvgIpc) is 2.99. The number of benzene rings is 1. The maximum absolute atomic E-state index is 12.4. The molecule has 10 heteroatoms. The molecular formula is C14H17ClN2O5S2. The Kier molecular flexibility index (Phi) is 5.71. The molecule has 0 aliphatic carbocycles. The van der Waals surface area contributed by atoms with Gasteiger partial charge in [0, 0.05) is 23.2 Å². The fourth-order valence-electron chi connectivity index (χ4n) is 2.62. The SMILES string of the molecule is CNS(=O)(=O)c1ccc2sc(C(=O)O)cc2c1N1CCOCC1.Cl. The van der Waals surface area contributed by atoms with Crippen molar-refractivity contribution < 1.29 is 23.1 Å². The molecule has 0 spiro atoms. The molecule has 0 bridgehead atoms. The maximum Gasteiger partial charge on any atom is 0.345 e. The second-order valence-corrected chi connectivity index (χ2v) is 7.99. The van der Waals surface area contributed by atoms with E-state index in [1.54, 1.807) is 12.1 Å². The third-order valence-corrected chi connectivity index (χ3v) is 6.27. The molecule has 132 valence electrons. The van der Waals surface area contributed by atoms with E-state index in [9.17, 15) is 18.3 Å². The molecule has 1 saturated heterocycles. The topological polar surface area (TPSA) is 95.9 Å². The molecule has 2 N–H and O–H groups in total. The van der Waals surface area contributed by atoms with E-state index < -0.39 is 16.0 Å². The zero-order valence-electron chi connectivity index (χ0n) is 12.8. The molecule has 0 amide bonds. The van der Waals surface area contributed by atoms with Crippen molar-refractivity contribution in [3.63, 3.8) is 0 Å². The van der Waals surface area contributed by atoms with Crippen molar-refractivity contribution in [2.75, 3.05) is 38.3 Å². The summed E-state index contributed by atoms with van der Waals surface area (Å²) in [4.78, 5) is 13.5. The van der Waals surface area contributed by atoms with Crippen molar-refractivity contribution in [1.82, 2.24) is 4.72 Å². The molecule has 2 aromatic rings. The number of ether oxygens (including phenoxy) is 1. The highest BCUT2D eigenvalue weighted by Crippen LogP contribution is 2.38. The Morgan fingerprint density at radius 3 is 2.58 bits per heavy atom. The van der Waals surface area contributed by atoms with Gasteiger partial charge in [-0.25, -0.2) is 17.9 Å². The largest absolute Gasteiger partial charge is 0.477 e. The van der Waals surface area contributed by atoms with Crippen LogP contribution in [0.4, 0.5) is 5.69 Å². The third-order valence-electron chi connectivity index (χ3n) is 3.73. The van der Waals surface area contributed by atoms with Crippen LogP contribution in [0.25, 0.3) is 10.1 Å². The minimum absolute atomic E-state index is 0. The van der Waals surface area contributed by atoms with Gasteiger partial charge < -0.3 is 14.7 Å². The Morgan fingerprint density at radius 1 is 1.33 bits per heavy atom. The predicted octanol–water partition coefficient (Wildman–Crippen LogP) is 1.77. The van der Waals surface area contributed by atoms with Crippen LogP contribution in [0.5, 0.6) is 0 Å². The average molecular weight is 393 g/mol. The number of rotatable bonds is 4. The van der Waals surface area contributed by atoms with Crippen LogP contribution in [0.1, 0.15) is 9.67 Å². The summed E-state index contributed by atoms with van der Waals surface area (Å²) >= 11 is 1.14. The van der Waals surface area contributed by atoms with Crippen LogP contribution < -0.4 is 9.62 Å². The monoisotopic (exact) mass is 392 g/mol. The van der Waals surface area contributed by atoms with Crippen molar-refractivity contribution in [3.8, 4) is 0 Å². The number of nitrogens with one attached hydrogen (secondary N) is 1. The number of aromatic carboxylic acids is 1. The third kappa shape index (κ3) is 3.35. The summed E-state index contributed by atoms with van der Waals surface area (Å²) in [6, 6.07) is 4.73. The summed E-state index contributed by atoms with van der Waals surface area (Å²) in [5.41, 5.74) is 0.545. The maximum atomic E-state index is 12.4. The number of sulfonamides is 1. The van der Waals surface area contributed by atoms with E-state index in [0.29, 0.717) is 37.4 Å². The first-order valence-corrected chi connectivity index (χ1v) is 9.30. The first-order valence-electron chi connectivity index (χ1n) is 7.00. The first kappa shape index (κ1) is 18.9. The van der Waals surface area contributed by atoms with Crippen LogP contribution in [-0.4, -0.2) is 52.8 Å². The van der Waals surface area contributed by atoms with Gasteiger partial charge >= 0.3 is 5.97 Å². The number of halogens is 1. The second kappa shape index (κ2) is 7.24. The summed E-state index contributed by atoms with van der Waals surface area (Å²) in [6.45, 7) is 2.13. The number of thiophene rings is 1. The quantitative estimate of drug-likeness (QED) is 0.823. The minimum atomic E-state index is -3.66. The Bertz CT molecular complexity index is 859. The second-order valence-electron chi connectivity index (χ2n) is 5.05. The Labute approximate surface area is 149 Å². The Morgan fingerprint density at radius 2 is 2.00 bits per heavy atom. The number of fused-ring (bicyclic) bond motifs is 1. The van der Waals surface area contributed by atoms with Crippen LogP contribution >= 0.6 is 23.7 Å². The van der Waals surface area contributed by atoms with Crippen molar-refractivity contribution in [3.05, 3.63) is 23.1 Å². The highest BCUT2D eigenvalue weighted by atomic mass is 35.5. The molecule has 1 aromatic heterocycles. The van der Waals surface area contributed by atoms with Crippen LogP contribution in [-0.2, 0) is 14.8 Å². The zero-order chi connectivity index (χ0) is 16.6. The van der Waals surface area contributed by atoms with Gasteiger partial charge in [-0.15, -0.1) is 23.7 Å². The molecule has 1 aromatic carbocycles. The van der Waals surface area contributed by atoms with Crippen LogP contribution in [0.3, 0.4) is 0 Å². The number of hydrogen-bond donors (Lipinski definition) is 2. The van der Waals surface area contributed by atoms with Crippen molar-refractivity contribution in [2.24, 2.45) is 0 Å². The van der Waals surface area contributed by atoms with Gasteiger partial charge in [0.05, 0.1) is 18.9 Å². The highest BCUT2D eigenvalue weighted by Gasteiger charge is 2.26. The van der Waals surface area contributed by atoms with Crippen molar-refractivity contribution in [1.29, 1.82) is 0 Å². The molecule has 1 aliphatic heterocycles. The van der Waals surface area contributed by atoms with Crippen LogP contribution in [0, 0.1) is 0 Å². The van der Waals surface area contributed by atoms with Gasteiger partial charge in [-0.1, -0.05) is 0 Å². The van der Waals surface area contributed by atoms with Gasteiger partial charge in [-0.2, -0.15) is 0 Å². The van der Waals surface area contributed by atoms with Gasteiger partial charge in [-0.3, -0.25) is 0 Å². The molecular weight excluding hydrogens is 376 g/mol. The molecule has 1 aliphatic rings. The highest BCUT2D eigenvalue weighted by molar-refractivity contribution is 7.89. The molecule has 3 rings (SSSR count). The number of carboxylic acid groups (broad SMARTS) is 1. The normalized spacial score (nSPS) is 15.3. The van der Waals surface area contributed by atoms with E-state index in [4.69, 9.17) is 4.74 Å². The number of carboxylic acids is 1. The molecule has 24 heavy (non-hydrogen) atoms. The van der Waals surface area contributed by atoms with Gasteiger partial charge in [0.2, 0.25) is 10.0 Å².